The Morgan fingerprint density at radius 3 is 3.00 bits per heavy atom. The minimum Gasteiger partial charge on any atom is -0.496 e. The summed E-state index contributed by atoms with van der Waals surface area (Å²) < 4.78 is 25.5. The molecule has 7 nitrogen and oxygen atoms in total. The van der Waals surface area contributed by atoms with Gasteiger partial charge in [-0.15, -0.1) is 24.0 Å². The number of benzene rings is 1. The van der Waals surface area contributed by atoms with Crippen LogP contribution in [-0.4, -0.2) is 50.3 Å². The van der Waals surface area contributed by atoms with Gasteiger partial charge in [-0.05, 0) is 37.6 Å². The second kappa shape index (κ2) is 10.3. The highest BCUT2D eigenvalue weighted by Gasteiger charge is 2.26. The number of ether oxygens (including phenoxy) is 2. The highest BCUT2D eigenvalue weighted by Crippen LogP contribution is 2.34. The quantitative estimate of drug-likeness (QED) is 0.345. The molecule has 1 saturated heterocycles. The zero-order valence-electron chi connectivity index (χ0n) is 18.0. The van der Waals surface area contributed by atoms with E-state index in [1.54, 1.807) is 26.4 Å². The number of nitrogens with zero attached hydrogens (tertiary/aromatic N) is 3. The van der Waals surface area contributed by atoms with E-state index in [-0.39, 0.29) is 41.9 Å². The lowest BCUT2D eigenvalue weighted by molar-refractivity contribution is 0.254. The third kappa shape index (κ3) is 5.31. The number of hydrogen-bond acceptors (Lipinski definition) is 5. The number of hydrogen-bond donors (Lipinski definition) is 2. The first-order valence-corrected chi connectivity index (χ1v) is 10.3. The Bertz CT molecular complexity index is 942. The lowest BCUT2D eigenvalue weighted by Gasteiger charge is -2.20. The van der Waals surface area contributed by atoms with Crippen molar-refractivity contribution < 1.29 is 13.9 Å². The van der Waals surface area contributed by atoms with Gasteiger partial charge in [0.25, 0.3) is 0 Å². The molecule has 0 radical (unpaired) electrons. The number of nitrogens with one attached hydrogen (secondary N) is 2. The summed E-state index contributed by atoms with van der Waals surface area (Å²) >= 11 is 0. The fourth-order valence-corrected chi connectivity index (χ4v) is 4.06. The minimum atomic E-state index is -0.291. The van der Waals surface area contributed by atoms with Crippen molar-refractivity contribution in [2.45, 2.75) is 38.5 Å². The molecular weight excluding hydrogens is 512 g/mol. The number of fused-ring (bicyclic) bond motifs is 1. The number of anilines is 1. The van der Waals surface area contributed by atoms with Crippen molar-refractivity contribution in [3.63, 3.8) is 0 Å². The fraction of sp³-hybridized carbons (Fsp3) is 0.455. The Hall–Kier alpha value is -2.30. The van der Waals surface area contributed by atoms with Crippen LogP contribution in [0, 0.1) is 5.82 Å². The van der Waals surface area contributed by atoms with E-state index < -0.39 is 0 Å². The van der Waals surface area contributed by atoms with Crippen molar-refractivity contribution >= 4 is 35.8 Å². The molecule has 2 aromatic rings. The predicted octanol–water partition coefficient (Wildman–Crippen LogP) is 3.11. The van der Waals surface area contributed by atoms with Crippen LogP contribution in [0.25, 0.3) is 0 Å². The largest absolute Gasteiger partial charge is 0.496 e. The van der Waals surface area contributed by atoms with E-state index >= 15 is 0 Å². The highest BCUT2D eigenvalue weighted by molar-refractivity contribution is 14.0. The molecule has 1 aromatic heterocycles. The summed E-state index contributed by atoms with van der Waals surface area (Å²) in [5.41, 5.74) is 2.19. The number of pyridine rings is 1. The van der Waals surface area contributed by atoms with Crippen molar-refractivity contribution in [2.24, 2.45) is 4.99 Å². The van der Waals surface area contributed by atoms with Gasteiger partial charge in [0.2, 0.25) is 0 Å². The molecule has 2 aliphatic rings. The average molecular weight is 541 g/mol. The monoisotopic (exact) mass is 541 g/mol. The van der Waals surface area contributed by atoms with Gasteiger partial charge in [-0.3, -0.25) is 4.99 Å². The molecule has 0 amide bonds. The summed E-state index contributed by atoms with van der Waals surface area (Å²) in [6.07, 6.45) is 3.59. The van der Waals surface area contributed by atoms with Crippen LogP contribution in [-0.2, 0) is 13.0 Å². The van der Waals surface area contributed by atoms with Gasteiger partial charge in [-0.2, -0.15) is 0 Å². The van der Waals surface area contributed by atoms with E-state index in [0.717, 1.165) is 36.4 Å². The Kier molecular flexibility index (Phi) is 7.79. The average Bonchev–Trinajstić information content (AvgIpc) is 3.35. The first kappa shape index (κ1) is 23.4. The van der Waals surface area contributed by atoms with Crippen LogP contribution in [0.5, 0.6) is 11.5 Å². The topological polar surface area (TPSA) is 71.0 Å². The maximum absolute atomic E-state index is 14.0. The number of halogens is 2. The van der Waals surface area contributed by atoms with Gasteiger partial charge in [0.05, 0.1) is 7.11 Å². The Morgan fingerprint density at radius 2 is 2.26 bits per heavy atom. The van der Waals surface area contributed by atoms with Gasteiger partial charge in [-0.25, -0.2) is 9.37 Å². The summed E-state index contributed by atoms with van der Waals surface area (Å²) in [6.45, 7) is 4.04. The minimum absolute atomic E-state index is 0. The van der Waals surface area contributed by atoms with Crippen LogP contribution in [0.15, 0.2) is 35.5 Å². The smallest absolute Gasteiger partial charge is 0.191 e. The molecule has 2 atom stereocenters. The predicted molar refractivity (Wildman–Crippen MR) is 130 cm³/mol. The lowest BCUT2D eigenvalue weighted by Crippen LogP contribution is -2.44. The number of aromatic nitrogens is 1. The lowest BCUT2D eigenvalue weighted by atomic mass is 10.1. The Labute approximate surface area is 199 Å². The molecule has 4 rings (SSSR count). The van der Waals surface area contributed by atoms with Crippen molar-refractivity contribution in [2.75, 3.05) is 32.1 Å². The van der Waals surface area contributed by atoms with Crippen LogP contribution < -0.4 is 25.0 Å². The van der Waals surface area contributed by atoms with E-state index in [4.69, 9.17) is 9.47 Å². The first-order chi connectivity index (χ1) is 14.6. The van der Waals surface area contributed by atoms with Gasteiger partial charge in [-0.1, -0.05) is 0 Å². The third-order valence-electron chi connectivity index (χ3n) is 5.54. The van der Waals surface area contributed by atoms with Crippen LogP contribution in [0.2, 0.25) is 0 Å². The standard InChI is InChI=1S/C22H28FN5O2.HI/c1-14-9-15-10-19(29-3)16(11-20(15)30-14)12-26-22(24-2)27-17-6-8-28(13-17)21-18(23)5-4-7-25-21;/h4-5,7,10-11,14,17H,6,8-9,12-13H2,1-3H3,(H2,24,26,27);1H. The molecule has 31 heavy (non-hydrogen) atoms. The van der Waals surface area contributed by atoms with Crippen molar-refractivity contribution in [3.05, 3.63) is 47.4 Å². The molecule has 1 fully saturated rings. The third-order valence-corrected chi connectivity index (χ3v) is 5.54. The second-order valence-electron chi connectivity index (χ2n) is 7.71. The molecule has 0 saturated carbocycles. The zero-order chi connectivity index (χ0) is 21.1. The first-order valence-electron chi connectivity index (χ1n) is 10.3. The van der Waals surface area contributed by atoms with Gasteiger partial charge in [0.1, 0.15) is 17.6 Å². The molecule has 0 spiro atoms. The van der Waals surface area contributed by atoms with E-state index in [1.807, 2.05) is 11.0 Å². The number of rotatable bonds is 5. The molecule has 3 heterocycles. The summed E-state index contributed by atoms with van der Waals surface area (Å²) in [5.74, 6) is 2.57. The summed E-state index contributed by atoms with van der Waals surface area (Å²) in [6, 6.07) is 7.30. The summed E-state index contributed by atoms with van der Waals surface area (Å²) in [5, 5.41) is 6.78. The number of guanidine groups is 1. The van der Waals surface area contributed by atoms with Crippen molar-refractivity contribution in [1.29, 1.82) is 0 Å². The van der Waals surface area contributed by atoms with Crippen LogP contribution in [0.1, 0.15) is 24.5 Å². The van der Waals surface area contributed by atoms with Crippen molar-refractivity contribution in [3.8, 4) is 11.5 Å². The molecule has 2 unspecified atom stereocenters. The number of methoxy groups -OCH3 is 1. The fourth-order valence-electron chi connectivity index (χ4n) is 4.06. The Morgan fingerprint density at radius 1 is 1.42 bits per heavy atom. The van der Waals surface area contributed by atoms with E-state index in [0.29, 0.717) is 24.9 Å². The van der Waals surface area contributed by atoms with E-state index in [1.165, 1.54) is 11.6 Å². The van der Waals surface area contributed by atoms with Crippen LogP contribution in [0.3, 0.4) is 0 Å². The molecule has 9 heteroatoms. The maximum Gasteiger partial charge on any atom is 0.191 e. The molecule has 2 aliphatic heterocycles. The zero-order valence-corrected chi connectivity index (χ0v) is 20.4. The van der Waals surface area contributed by atoms with Gasteiger partial charge in [0.15, 0.2) is 17.6 Å². The summed E-state index contributed by atoms with van der Waals surface area (Å²) in [7, 11) is 3.42. The van der Waals surface area contributed by atoms with Gasteiger partial charge < -0.3 is 25.0 Å². The van der Waals surface area contributed by atoms with E-state index in [2.05, 4.69) is 33.6 Å². The van der Waals surface area contributed by atoms with Gasteiger partial charge >= 0.3 is 0 Å². The summed E-state index contributed by atoms with van der Waals surface area (Å²) in [4.78, 5) is 10.5. The van der Waals surface area contributed by atoms with Crippen LogP contribution in [0.4, 0.5) is 10.2 Å². The van der Waals surface area contributed by atoms with Crippen LogP contribution >= 0.6 is 24.0 Å². The molecule has 1 aromatic carbocycles. The highest BCUT2D eigenvalue weighted by atomic mass is 127. The molecular formula is C22H29FIN5O2. The van der Waals surface area contributed by atoms with E-state index in [9.17, 15) is 4.39 Å². The molecule has 2 N–H and O–H groups in total. The second-order valence-corrected chi connectivity index (χ2v) is 7.71. The van der Waals surface area contributed by atoms with Gasteiger partial charge in [0, 0.05) is 56.5 Å². The molecule has 0 aliphatic carbocycles. The molecule has 168 valence electrons. The Balaban J connectivity index is 0.00000272. The number of aliphatic imine (C=N–C) groups is 1. The normalized spacial score (nSPS) is 20.0. The maximum atomic E-state index is 14.0. The SMILES string of the molecule is CN=C(NCc1cc2c(cc1OC)CC(C)O2)NC1CCN(c2ncccc2F)C1.I. The molecule has 0 bridgehead atoms. The van der Waals surface area contributed by atoms with Crippen molar-refractivity contribution in [1.82, 2.24) is 15.6 Å².